The van der Waals surface area contributed by atoms with E-state index < -0.39 is 5.91 Å². The summed E-state index contributed by atoms with van der Waals surface area (Å²) in [6.07, 6.45) is 0. The Morgan fingerprint density at radius 1 is 1.44 bits per heavy atom. The SMILES string of the molecule is CCNc1nc(C)cc(NCCOCC(N)=O)n1. The topological polar surface area (TPSA) is 102 Å². The lowest BCUT2D eigenvalue weighted by atomic mass is 10.4. The number of hydrogen-bond donors (Lipinski definition) is 3. The van der Waals surface area contributed by atoms with Crippen molar-refractivity contribution in [3.05, 3.63) is 11.8 Å². The number of nitrogens with zero attached hydrogens (tertiary/aromatic N) is 2. The first-order valence-electron chi connectivity index (χ1n) is 5.81. The Bertz CT molecular complexity index is 397. The maximum atomic E-state index is 10.4. The highest BCUT2D eigenvalue weighted by Crippen LogP contribution is 2.08. The molecule has 0 fully saturated rings. The minimum absolute atomic E-state index is 0.0624. The predicted molar refractivity (Wildman–Crippen MR) is 69.4 cm³/mol. The largest absolute Gasteiger partial charge is 0.370 e. The van der Waals surface area contributed by atoms with Crippen LogP contribution in [-0.4, -0.2) is 42.2 Å². The fourth-order valence-electron chi connectivity index (χ4n) is 1.32. The van der Waals surface area contributed by atoms with E-state index in [1.54, 1.807) is 0 Å². The molecule has 4 N–H and O–H groups in total. The van der Waals surface area contributed by atoms with Crippen molar-refractivity contribution in [1.82, 2.24) is 9.97 Å². The van der Waals surface area contributed by atoms with Gasteiger partial charge in [0.15, 0.2) is 0 Å². The normalized spacial score (nSPS) is 10.1. The first-order valence-corrected chi connectivity index (χ1v) is 5.81. The molecular formula is C11H19N5O2. The van der Waals surface area contributed by atoms with Crippen LogP contribution >= 0.6 is 0 Å². The van der Waals surface area contributed by atoms with Crippen LogP contribution in [0.2, 0.25) is 0 Å². The summed E-state index contributed by atoms with van der Waals surface area (Å²) in [5.74, 6) is 0.849. The van der Waals surface area contributed by atoms with Crippen molar-refractivity contribution < 1.29 is 9.53 Å². The zero-order valence-electron chi connectivity index (χ0n) is 10.7. The van der Waals surface area contributed by atoms with Crippen LogP contribution in [0, 0.1) is 6.92 Å². The summed E-state index contributed by atoms with van der Waals surface area (Å²) < 4.78 is 5.03. The number of ether oxygens (including phenoxy) is 1. The molecule has 1 amide bonds. The summed E-state index contributed by atoms with van der Waals surface area (Å²) in [6, 6.07) is 1.84. The molecule has 0 spiro atoms. The number of anilines is 2. The molecule has 0 radical (unpaired) electrons. The van der Waals surface area contributed by atoms with Gasteiger partial charge in [0.2, 0.25) is 11.9 Å². The molecule has 0 unspecified atom stereocenters. The number of primary amides is 1. The number of nitrogens with two attached hydrogens (primary N) is 1. The lowest BCUT2D eigenvalue weighted by molar-refractivity contribution is -0.122. The highest BCUT2D eigenvalue weighted by Gasteiger charge is 2.01. The van der Waals surface area contributed by atoms with E-state index in [-0.39, 0.29) is 6.61 Å². The molecule has 0 aromatic carbocycles. The molecule has 0 saturated carbocycles. The Morgan fingerprint density at radius 3 is 2.89 bits per heavy atom. The lowest BCUT2D eigenvalue weighted by Crippen LogP contribution is -2.20. The maximum Gasteiger partial charge on any atom is 0.243 e. The summed E-state index contributed by atoms with van der Waals surface area (Å²) in [7, 11) is 0. The van der Waals surface area contributed by atoms with Gasteiger partial charge in [0.05, 0.1) is 6.61 Å². The van der Waals surface area contributed by atoms with E-state index in [0.29, 0.717) is 19.1 Å². The number of rotatable bonds is 8. The molecule has 0 aliphatic rings. The standard InChI is InChI=1S/C11H19N5O2/c1-3-13-11-15-8(2)6-10(16-11)14-4-5-18-7-9(12)17/h6H,3-5,7H2,1-2H3,(H2,12,17)(H2,13,14,15,16). The average Bonchev–Trinajstić information content (AvgIpc) is 2.28. The van der Waals surface area contributed by atoms with Gasteiger partial charge in [0, 0.05) is 24.8 Å². The van der Waals surface area contributed by atoms with Gasteiger partial charge in [-0.1, -0.05) is 0 Å². The molecule has 18 heavy (non-hydrogen) atoms. The Morgan fingerprint density at radius 2 is 2.22 bits per heavy atom. The molecule has 0 atom stereocenters. The van der Waals surface area contributed by atoms with Gasteiger partial charge in [-0.3, -0.25) is 4.79 Å². The van der Waals surface area contributed by atoms with Gasteiger partial charge >= 0.3 is 0 Å². The van der Waals surface area contributed by atoms with E-state index in [9.17, 15) is 4.79 Å². The number of carbonyl (C=O) groups excluding carboxylic acids is 1. The number of amides is 1. The Hall–Kier alpha value is -1.89. The van der Waals surface area contributed by atoms with Crippen molar-refractivity contribution in [1.29, 1.82) is 0 Å². The molecule has 0 saturated heterocycles. The second kappa shape index (κ2) is 7.44. The van der Waals surface area contributed by atoms with Crippen LogP contribution in [0.25, 0.3) is 0 Å². The number of carbonyl (C=O) groups is 1. The van der Waals surface area contributed by atoms with Crippen LogP contribution in [-0.2, 0) is 9.53 Å². The molecule has 7 nitrogen and oxygen atoms in total. The first kappa shape index (κ1) is 14.2. The molecule has 0 aliphatic carbocycles. The van der Waals surface area contributed by atoms with Crippen LogP contribution < -0.4 is 16.4 Å². The van der Waals surface area contributed by atoms with E-state index in [2.05, 4.69) is 20.6 Å². The number of nitrogens with one attached hydrogen (secondary N) is 2. The number of aromatic nitrogens is 2. The third-order valence-corrected chi connectivity index (χ3v) is 1.99. The monoisotopic (exact) mass is 253 g/mol. The van der Waals surface area contributed by atoms with Gasteiger partial charge in [0.25, 0.3) is 0 Å². The number of hydrogen-bond acceptors (Lipinski definition) is 6. The van der Waals surface area contributed by atoms with Crippen molar-refractivity contribution in [2.45, 2.75) is 13.8 Å². The second-order valence-corrected chi connectivity index (χ2v) is 3.69. The number of aryl methyl sites for hydroxylation is 1. The summed E-state index contributed by atoms with van der Waals surface area (Å²) in [4.78, 5) is 19.0. The quantitative estimate of drug-likeness (QED) is 0.569. The molecular weight excluding hydrogens is 234 g/mol. The average molecular weight is 253 g/mol. The van der Waals surface area contributed by atoms with Gasteiger partial charge < -0.3 is 21.1 Å². The molecule has 1 heterocycles. The maximum absolute atomic E-state index is 10.4. The minimum Gasteiger partial charge on any atom is -0.370 e. The Balaban J connectivity index is 2.39. The zero-order chi connectivity index (χ0) is 13.4. The predicted octanol–water partition coefficient (Wildman–Crippen LogP) is 0.131. The Labute approximate surface area is 106 Å². The van der Waals surface area contributed by atoms with Crippen LogP contribution in [0.3, 0.4) is 0 Å². The van der Waals surface area contributed by atoms with Crippen molar-refractivity contribution in [3.63, 3.8) is 0 Å². The van der Waals surface area contributed by atoms with Gasteiger partial charge in [-0.15, -0.1) is 0 Å². The van der Waals surface area contributed by atoms with E-state index in [1.807, 2.05) is 19.9 Å². The van der Waals surface area contributed by atoms with E-state index in [4.69, 9.17) is 10.5 Å². The zero-order valence-corrected chi connectivity index (χ0v) is 10.7. The van der Waals surface area contributed by atoms with Gasteiger partial charge in [-0.25, -0.2) is 4.98 Å². The molecule has 100 valence electrons. The van der Waals surface area contributed by atoms with Crippen molar-refractivity contribution >= 4 is 17.7 Å². The van der Waals surface area contributed by atoms with Gasteiger partial charge in [0.1, 0.15) is 12.4 Å². The molecule has 7 heteroatoms. The fraction of sp³-hybridized carbons (Fsp3) is 0.545. The molecule has 1 rings (SSSR count). The molecule has 0 bridgehead atoms. The highest BCUT2D eigenvalue weighted by atomic mass is 16.5. The smallest absolute Gasteiger partial charge is 0.243 e. The van der Waals surface area contributed by atoms with E-state index >= 15 is 0 Å². The van der Waals surface area contributed by atoms with Crippen molar-refractivity contribution in [2.24, 2.45) is 5.73 Å². The summed E-state index contributed by atoms with van der Waals surface area (Å²) >= 11 is 0. The fourth-order valence-corrected chi connectivity index (χ4v) is 1.32. The van der Waals surface area contributed by atoms with Crippen LogP contribution in [0.4, 0.5) is 11.8 Å². The van der Waals surface area contributed by atoms with Crippen molar-refractivity contribution in [2.75, 3.05) is 36.9 Å². The third kappa shape index (κ3) is 5.44. The Kier molecular flexibility index (Phi) is 5.86. The van der Waals surface area contributed by atoms with Crippen molar-refractivity contribution in [3.8, 4) is 0 Å². The molecule has 0 aliphatic heterocycles. The molecule has 1 aromatic heterocycles. The van der Waals surface area contributed by atoms with Gasteiger partial charge in [-0.05, 0) is 13.8 Å². The first-order chi connectivity index (χ1) is 8.61. The second-order valence-electron chi connectivity index (χ2n) is 3.69. The minimum atomic E-state index is -0.470. The summed E-state index contributed by atoms with van der Waals surface area (Å²) in [5.41, 5.74) is 5.82. The van der Waals surface area contributed by atoms with Crippen LogP contribution in [0.15, 0.2) is 6.07 Å². The lowest BCUT2D eigenvalue weighted by Gasteiger charge is -2.08. The third-order valence-electron chi connectivity index (χ3n) is 1.99. The molecule has 1 aromatic rings. The van der Waals surface area contributed by atoms with Crippen LogP contribution in [0.1, 0.15) is 12.6 Å². The van der Waals surface area contributed by atoms with Gasteiger partial charge in [-0.2, -0.15) is 4.98 Å². The van der Waals surface area contributed by atoms with E-state index in [0.717, 1.165) is 18.1 Å². The summed E-state index contributed by atoms with van der Waals surface area (Å²) in [6.45, 7) is 5.53. The highest BCUT2D eigenvalue weighted by molar-refractivity contribution is 5.74. The summed E-state index contributed by atoms with van der Waals surface area (Å²) in [5, 5.41) is 6.14. The van der Waals surface area contributed by atoms with Crippen LogP contribution in [0.5, 0.6) is 0 Å². The van der Waals surface area contributed by atoms with E-state index in [1.165, 1.54) is 0 Å².